The molecule has 2 N–H and O–H groups in total. The van der Waals surface area contributed by atoms with Gasteiger partial charge in [0.15, 0.2) is 0 Å². The van der Waals surface area contributed by atoms with Gasteiger partial charge in [-0.15, -0.1) is 0 Å². The van der Waals surface area contributed by atoms with Crippen LogP contribution in [0.4, 0.5) is 10.1 Å². The molecule has 5 rings (SSSR count). The topological polar surface area (TPSA) is 99.9 Å². The van der Waals surface area contributed by atoms with Gasteiger partial charge in [-0.1, -0.05) is 17.3 Å². The standard InChI is InChI=1S/C23H21FN6O2/c1-14(31)27-18-8-2-15(3-9-18)11-30-12-20-19(25-13-26-20)10-21(30)23-28-22(29-32-23)16-4-6-17(24)7-5-16/h2-9,13,21H,10-12H2,1H3,(H,25,26)(H,27,31)/t21-/m0/s1. The Morgan fingerprint density at radius 2 is 2.00 bits per heavy atom. The number of carbonyl (C=O) groups is 1. The molecular weight excluding hydrogens is 411 g/mol. The van der Waals surface area contributed by atoms with E-state index in [1.165, 1.54) is 19.1 Å². The summed E-state index contributed by atoms with van der Waals surface area (Å²) in [6.45, 7) is 2.79. The lowest BCUT2D eigenvalue weighted by molar-refractivity contribution is -0.114. The van der Waals surface area contributed by atoms with Crippen LogP contribution in [-0.2, 0) is 24.3 Å². The molecule has 0 bridgehead atoms. The second-order valence-electron chi connectivity index (χ2n) is 7.79. The van der Waals surface area contributed by atoms with Crippen LogP contribution in [0.25, 0.3) is 11.4 Å². The number of carbonyl (C=O) groups excluding carboxylic acids is 1. The molecular formula is C23H21FN6O2. The molecule has 0 radical (unpaired) electrons. The van der Waals surface area contributed by atoms with Gasteiger partial charge in [0.1, 0.15) is 5.82 Å². The van der Waals surface area contributed by atoms with Crippen molar-refractivity contribution in [2.24, 2.45) is 0 Å². The van der Waals surface area contributed by atoms with Crippen molar-refractivity contribution in [1.29, 1.82) is 0 Å². The number of nitrogens with one attached hydrogen (secondary N) is 2. The Morgan fingerprint density at radius 1 is 1.22 bits per heavy atom. The zero-order valence-electron chi connectivity index (χ0n) is 17.4. The highest BCUT2D eigenvalue weighted by atomic mass is 19.1. The first-order valence-corrected chi connectivity index (χ1v) is 10.3. The quantitative estimate of drug-likeness (QED) is 0.497. The largest absolute Gasteiger partial charge is 0.347 e. The predicted octanol–water partition coefficient (Wildman–Crippen LogP) is 3.86. The van der Waals surface area contributed by atoms with Crippen LogP contribution in [0.15, 0.2) is 59.4 Å². The van der Waals surface area contributed by atoms with E-state index in [9.17, 15) is 9.18 Å². The number of halogens is 1. The molecule has 0 fully saturated rings. The lowest BCUT2D eigenvalue weighted by Crippen LogP contribution is -2.34. The fourth-order valence-corrected chi connectivity index (χ4v) is 3.92. The predicted molar refractivity (Wildman–Crippen MR) is 115 cm³/mol. The molecule has 1 atom stereocenters. The van der Waals surface area contributed by atoms with Gasteiger partial charge in [-0.05, 0) is 42.0 Å². The minimum atomic E-state index is -0.313. The number of H-pyrrole nitrogens is 1. The Bertz CT molecular complexity index is 1230. The van der Waals surface area contributed by atoms with E-state index in [1.54, 1.807) is 18.5 Å². The minimum absolute atomic E-state index is 0.103. The average Bonchev–Trinajstić information content (AvgIpc) is 3.44. The van der Waals surface area contributed by atoms with Crippen molar-refractivity contribution < 1.29 is 13.7 Å². The number of rotatable bonds is 5. The van der Waals surface area contributed by atoms with Crippen molar-refractivity contribution in [3.8, 4) is 11.4 Å². The highest BCUT2D eigenvalue weighted by Gasteiger charge is 2.33. The SMILES string of the molecule is CC(=O)Nc1ccc(CN2Cc3[nH]cnc3C[C@H]2c2nc(-c3ccc(F)cc3)no2)cc1. The summed E-state index contributed by atoms with van der Waals surface area (Å²) < 4.78 is 18.9. The number of aromatic nitrogens is 4. The van der Waals surface area contributed by atoms with E-state index in [0.717, 1.165) is 22.6 Å². The van der Waals surface area contributed by atoms with Gasteiger partial charge >= 0.3 is 0 Å². The minimum Gasteiger partial charge on any atom is -0.347 e. The van der Waals surface area contributed by atoms with Crippen molar-refractivity contribution in [2.45, 2.75) is 32.5 Å². The first-order valence-electron chi connectivity index (χ1n) is 10.3. The van der Waals surface area contributed by atoms with Gasteiger partial charge in [0.05, 0.1) is 23.8 Å². The molecule has 162 valence electrons. The van der Waals surface area contributed by atoms with Crippen LogP contribution in [0.5, 0.6) is 0 Å². The van der Waals surface area contributed by atoms with Crippen molar-refractivity contribution in [3.05, 3.63) is 83.5 Å². The molecule has 0 aliphatic carbocycles. The molecule has 0 unspecified atom stereocenters. The van der Waals surface area contributed by atoms with Crippen LogP contribution < -0.4 is 5.32 Å². The fourth-order valence-electron chi connectivity index (χ4n) is 3.92. The van der Waals surface area contributed by atoms with Gasteiger partial charge in [-0.25, -0.2) is 9.37 Å². The van der Waals surface area contributed by atoms with Crippen LogP contribution in [-0.4, -0.2) is 30.9 Å². The van der Waals surface area contributed by atoms with Gasteiger partial charge in [0.25, 0.3) is 0 Å². The lowest BCUT2D eigenvalue weighted by atomic mass is 10.0. The normalized spacial score (nSPS) is 16.0. The second-order valence-corrected chi connectivity index (χ2v) is 7.79. The maximum absolute atomic E-state index is 13.3. The van der Waals surface area contributed by atoms with Crippen LogP contribution in [0.2, 0.25) is 0 Å². The highest BCUT2D eigenvalue weighted by Crippen LogP contribution is 2.33. The van der Waals surface area contributed by atoms with Gasteiger partial charge < -0.3 is 14.8 Å². The number of anilines is 1. The third-order valence-corrected chi connectivity index (χ3v) is 5.49. The van der Waals surface area contributed by atoms with E-state index in [2.05, 4.69) is 30.3 Å². The lowest BCUT2D eigenvalue weighted by Gasteiger charge is -2.32. The zero-order chi connectivity index (χ0) is 22.1. The number of imidazole rings is 1. The van der Waals surface area contributed by atoms with Crippen molar-refractivity contribution in [1.82, 2.24) is 25.0 Å². The molecule has 1 aliphatic rings. The molecule has 1 aliphatic heterocycles. The molecule has 3 heterocycles. The summed E-state index contributed by atoms with van der Waals surface area (Å²) in [5.74, 6) is 0.501. The fraction of sp³-hybridized carbons (Fsp3) is 0.217. The summed E-state index contributed by atoms with van der Waals surface area (Å²) in [4.78, 5) is 25.7. The first-order chi connectivity index (χ1) is 15.5. The Morgan fingerprint density at radius 3 is 2.75 bits per heavy atom. The number of nitrogens with zero attached hydrogens (tertiary/aromatic N) is 4. The third-order valence-electron chi connectivity index (χ3n) is 5.49. The Labute approximate surface area is 183 Å². The van der Waals surface area contributed by atoms with E-state index < -0.39 is 0 Å². The Hall–Kier alpha value is -3.85. The molecule has 1 amide bonds. The summed E-state index contributed by atoms with van der Waals surface area (Å²) in [5, 5.41) is 6.89. The summed E-state index contributed by atoms with van der Waals surface area (Å²) in [6.07, 6.45) is 2.33. The van der Waals surface area contributed by atoms with Crippen LogP contribution in [0, 0.1) is 5.82 Å². The summed E-state index contributed by atoms with van der Waals surface area (Å²) in [7, 11) is 0. The van der Waals surface area contributed by atoms with E-state index >= 15 is 0 Å². The van der Waals surface area contributed by atoms with E-state index in [4.69, 9.17) is 4.52 Å². The van der Waals surface area contributed by atoms with Gasteiger partial charge in [0, 0.05) is 37.7 Å². The molecule has 8 nitrogen and oxygen atoms in total. The molecule has 32 heavy (non-hydrogen) atoms. The van der Waals surface area contributed by atoms with Crippen molar-refractivity contribution in [2.75, 3.05) is 5.32 Å². The number of hydrogen-bond acceptors (Lipinski definition) is 6. The van der Waals surface area contributed by atoms with E-state index in [1.807, 2.05) is 24.3 Å². The molecule has 9 heteroatoms. The molecule has 2 aromatic carbocycles. The average molecular weight is 432 g/mol. The number of hydrogen-bond donors (Lipinski definition) is 2. The monoisotopic (exact) mass is 432 g/mol. The van der Waals surface area contributed by atoms with Crippen molar-refractivity contribution in [3.63, 3.8) is 0 Å². The third kappa shape index (κ3) is 4.15. The number of aromatic amines is 1. The molecule has 2 aromatic heterocycles. The summed E-state index contributed by atoms with van der Waals surface area (Å²) in [6, 6.07) is 13.6. The second kappa shape index (κ2) is 8.35. The van der Waals surface area contributed by atoms with Gasteiger partial charge in [0.2, 0.25) is 17.6 Å². The Kier molecular flexibility index (Phi) is 5.24. The number of fused-ring (bicyclic) bond motifs is 1. The summed E-state index contributed by atoms with van der Waals surface area (Å²) >= 11 is 0. The Balaban J connectivity index is 1.40. The van der Waals surface area contributed by atoms with Gasteiger partial charge in [-0.2, -0.15) is 4.98 Å². The smallest absolute Gasteiger partial charge is 0.244 e. The van der Waals surface area contributed by atoms with Crippen LogP contribution in [0.3, 0.4) is 0 Å². The maximum Gasteiger partial charge on any atom is 0.244 e. The highest BCUT2D eigenvalue weighted by molar-refractivity contribution is 5.88. The number of amides is 1. The molecule has 0 saturated carbocycles. The molecule has 4 aromatic rings. The molecule has 0 saturated heterocycles. The first kappa shape index (κ1) is 20.1. The molecule has 0 spiro atoms. The maximum atomic E-state index is 13.3. The van der Waals surface area contributed by atoms with Crippen LogP contribution >= 0.6 is 0 Å². The number of benzene rings is 2. The zero-order valence-corrected chi connectivity index (χ0v) is 17.4. The summed E-state index contributed by atoms with van der Waals surface area (Å²) in [5.41, 5.74) is 4.58. The van der Waals surface area contributed by atoms with E-state index in [-0.39, 0.29) is 17.8 Å². The van der Waals surface area contributed by atoms with Gasteiger partial charge in [-0.3, -0.25) is 9.69 Å². The van der Waals surface area contributed by atoms with E-state index in [0.29, 0.717) is 36.8 Å². The van der Waals surface area contributed by atoms with Crippen LogP contribution in [0.1, 0.15) is 35.8 Å². The van der Waals surface area contributed by atoms with Crippen molar-refractivity contribution >= 4 is 11.6 Å².